The number of rotatable bonds is 4. The number of likely N-dealkylation sites (tertiary alicyclic amines) is 1. The molecule has 270 valence electrons. The molecule has 14 heteroatoms. The highest BCUT2D eigenvalue weighted by molar-refractivity contribution is 5.96. The van der Waals surface area contributed by atoms with E-state index in [0.717, 1.165) is 5.56 Å². The zero-order valence-electron chi connectivity index (χ0n) is 28.8. The molecule has 0 spiro atoms. The minimum absolute atomic E-state index is 0.0631. The normalized spacial score (nSPS) is 19.7. The molecule has 5 heterocycles. The smallest absolute Gasteiger partial charge is 0.258 e. The van der Waals surface area contributed by atoms with Crippen LogP contribution in [0, 0.1) is 5.82 Å². The summed E-state index contributed by atoms with van der Waals surface area (Å²) >= 11 is 0. The molecule has 13 nitrogen and oxygen atoms in total. The molecule has 2 N–H and O–H groups in total. The van der Waals surface area contributed by atoms with Gasteiger partial charge in [-0.2, -0.15) is 0 Å². The average Bonchev–Trinajstić information content (AvgIpc) is 3.17. The zero-order valence-corrected chi connectivity index (χ0v) is 28.8. The average molecular weight is 710 g/mol. The molecule has 4 aliphatic rings. The van der Waals surface area contributed by atoms with Gasteiger partial charge >= 0.3 is 0 Å². The fourth-order valence-corrected chi connectivity index (χ4v) is 6.69. The molecule has 0 unspecified atom stereocenters. The van der Waals surface area contributed by atoms with Crippen molar-refractivity contribution in [2.24, 2.45) is 0 Å². The molecule has 8 rings (SSSR count). The number of carbonyl (C=O) groups excluding carboxylic acids is 3. The highest BCUT2D eigenvalue weighted by Gasteiger charge is 2.35. The third kappa shape index (κ3) is 8.07. The number of hydrogen-bond acceptors (Lipinski definition) is 10. The summed E-state index contributed by atoms with van der Waals surface area (Å²) < 4.78 is 33.1. The molecule has 0 saturated carbocycles. The minimum atomic E-state index is -0.686. The number of halogens is 1. The number of ether oxygens (including phenoxy) is 3. The number of methoxy groups -OCH3 is 1. The van der Waals surface area contributed by atoms with Crippen molar-refractivity contribution in [1.29, 1.82) is 0 Å². The number of fused-ring (bicyclic) bond motifs is 7. The summed E-state index contributed by atoms with van der Waals surface area (Å²) in [6.45, 7) is 3.55. The summed E-state index contributed by atoms with van der Waals surface area (Å²) in [6.07, 6.45) is 3.31. The highest BCUT2D eigenvalue weighted by atomic mass is 19.1. The zero-order chi connectivity index (χ0) is 36.0. The molecule has 2 fully saturated rings. The molecular weight excluding hydrogens is 669 g/mol. The van der Waals surface area contributed by atoms with Crippen LogP contribution < -0.4 is 29.7 Å². The first-order valence-corrected chi connectivity index (χ1v) is 17.3. The standard InChI is InChI=1S/C38H40FN7O6/c1-50-34-20-29-8-6-27(34)21-42-35(47)24-51-28-5-2-4-25(18-28)26-7-9-31(39)30(19-26)37(49)43-32-22-46(13-10-33(32)52-29)36(48)23-44-14-16-45(17-15-44)38-40-11-3-12-41-38/h2-9,11-12,18-20,32-33H,10,13-17,21-24H2,1H3,(H,42,47)(H,43,49)/t32-,33+/m1/s1. The van der Waals surface area contributed by atoms with Crippen molar-refractivity contribution in [2.45, 2.75) is 25.1 Å². The molecule has 0 aliphatic carbocycles. The number of nitrogens with zero attached hydrogens (tertiary/aromatic N) is 5. The quantitative estimate of drug-likeness (QED) is 0.326. The molecule has 4 aliphatic heterocycles. The van der Waals surface area contributed by atoms with E-state index in [9.17, 15) is 14.4 Å². The van der Waals surface area contributed by atoms with E-state index >= 15 is 4.39 Å². The van der Waals surface area contributed by atoms with Crippen molar-refractivity contribution >= 4 is 23.7 Å². The summed E-state index contributed by atoms with van der Waals surface area (Å²) in [5.74, 6) is 0.410. The Labute approximate surface area is 300 Å². The second kappa shape index (κ2) is 15.6. The largest absolute Gasteiger partial charge is 0.496 e. The Morgan fingerprint density at radius 2 is 1.75 bits per heavy atom. The molecule has 52 heavy (non-hydrogen) atoms. The fourth-order valence-electron chi connectivity index (χ4n) is 6.69. The van der Waals surface area contributed by atoms with E-state index in [1.807, 2.05) is 6.07 Å². The van der Waals surface area contributed by atoms with Crippen molar-refractivity contribution in [2.75, 3.05) is 64.4 Å². The predicted octanol–water partition coefficient (Wildman–Crippen LogP) is 2.90. The van der Waals surface area contributed by atoms with Gasteiger partial charge in [-0.3, -0.25) is 19.3 Å². The van der Waals surface area contributed by atoms with E-state index in [2.05, 4.69) is 30.4 Å². The Bertz CT molecular complexity index is 1920. The molecular formula is C38H40FN7O6. The molecule has 2 saturated heterocycles. The Morgan fingerprint density at radius 3 is 2.56 bits per heavy atom. The van der Waals surface area contributed by atoms with Crippen LogP contribution >= 0.6 is 0 Å². The van der Waals surface area contributed by atoms with Crippen LogP contribution in [0.3, 0.4) is 0 Å². The van der Waals surface area contributed by atoms with Gasteiger partial charge in [-0.25, -0.2) is 14.4 Å². The second-order valence-electron chi connectivity index (χ2n) is 12.9. The van der Waals surface area contributed by atoms with Gasteiger partial charge in [-0.1, -0.05) is 18.2 Å². The molecule has 4 aromatic rings. The second-order valence-corrected chi connectivity index (χ2v) is 12.9. The van der Waals surface area contributed by atoms with Crippen molar-refractivity contribution in [3.05, 3.63) is 96.1 Å². The number of carbonyl (C=O) groups is 3. The van der Waals surface area contributed by atoms with E-state index < -0.39 is 23.9 Å². The summed E-state index contributed by atoms with van der Waals surface area (Å²) in [5, 5.41) is 5.86. The predicted molar refractivity (Wildman–Crippen MR) is 190 cm³/mol. The van der Waals surface area contributed by atoms with Crippen LogP contribution in [0.15, 0.2) is 79.1 Å². The highest BCUT2D eigenvalue weighted by Crippen LogP contribution is 2.29. The van der Waals surface area contributed by atoms with Gasteiger partial charge in [-0.15, -0.1) is 0 Å². The molecule has 3 amide bonds. The monoisotopic (exact) mass is 709 g/mol. The van der Waals surface area contributed by atoms with Crippen LogP contribution in [-0.4, -0.2) is 109 Å². The van der Waals surface area contributed by atoms with Gasteiger partial charge in [0.15, 0.2) is 6.61 Å². The van der Waals surface area contributed by atoms with Crippen molar-refractivity contribution in [1.82, 2.24) is 30.4 Å². The maximum Gasteiger partial charge on any atom is 0.258 e. The molecule has 1 aromatic heterocycles. The number of piperidine rings is 1. The van der Waals surface area contributed by atoms with Gasteiger partial charge in [0.25, 0.3) is 11.8 Å². The summed E-state index contributed by atoms with van der Waals surface area (Å²) in [5.41, 5.74) is 1.86. The third-order valence-corrected chi connectivity index (χ3v) is 9.56. The van der Waals surface area contributed by atoms with Crippen molar-refractivity contribution < 1.29 is 33.0 Å². The molecule has 6 bridgehead atoms. The van der Waals surface area contributed by atoms with E-state index in [0.29, 0.717) is 73.5 Å². The van der Waals surface area contributed by atoms with Crippen LogP contribution in [0.5, 0.6) is 17.2 Å². The number of hydrogen-bond donors (Lipinski definition) is 2. The Hall–Kier alpha value is -5.76. The summed E-state index contributed by atoms with van der Waals surface area (Å²) in [7, 11) is 1.53. The fraction of sp³-hybridized carbons (Fsp3) is 0.342. The number of anilines is 1. The van der Waals surface area contributed by atoms with Gasteiger partial charge in [0.05, 0.1) is 25.3 Å². The Morgan fingerprint density at radius 1 is 0.942 bits per heavy atom. The van der Waals surface area contributed by atoms with Crippen molar-refractivity contribution in [3.8, 4) is 28.4 Å². The van der Waals surface area contributed by atoms with Crippen LogP contribution in [0.2, 0.25) is 0 Å². The van der Waals surface area contributed by atoms with E-state index in [1.165, 1.54) is 19.2 Å². The Balaban J connectivity index is 1.12. The lowest BCUT2D eigenvalue weighted by molar-refractivity contribution is -0.135. The van der Waals surface area contributed by atoms with E-state index in [1.54, 1.807) is 65.8 Å². The lowest BCUT2D eigenvalue weighted by Gasteiger charge is -2.40. The van der Waals surface area contributed by atoms with E-state index in [4.69, 9.17) is 14.2 Å². The van der Waals surface area contributed by atoms with Gasteiger partial charge in [0.2, 0.25) is 11.9 Å². The number of nitrogens with one attached hydrogen (secondary N) is 2. The van der Waals surface area contributed by atoms with Gasteiger partial charge in [-0.05, 0) is 53.6 Å². The summed E-state index contributed by atoms with van der Waals surface area (Å²) in [4.78, 5) is 54.8. The topological polar surface area (TPSA) is 138 Å². The number of aromatic nitrogens is 2. The van der Waals surface area contributed by atoms with Gasteiger partial charge in [0, 0.05) is 76.3 Å². The van der Waals surface area contributed by atoms with Gasteiger partial charge < -0.3 is 34.6 Å². The first-order valence-electron chi connectivity index (χ1n) is 17.3. The number of piperazine rings is 1. The molecule has 3 aromatic carbocycles. The van der Waals surface area contributed by atoms with Crippen molar-refractivity contribution in [3.63, 3.8) is 0 Å². The first-order chi connectivity index (χ1) is 25.3. The maximum absolute atomic E-state index is 15.3. The Kier molecular flexibility index (Phi) is 10.4. The lowest BCUT2D eigenvalue weighted by atomic mass is 9.99. The van der Waals surface area contributed by atoms with Crippen LogP contribution in [0.25, 0.3) is 11.1 Å². The number of benzene rings is 3. The lowest BCUT2D eigenvalue weighted by Crippen LogP contribution is -2.59. The van der Waals surface area contributed by atoms with Crippen LogP contribution in [0.4, 0.5) is 10.3 Å². The molecule has 0 radical (unpaired) electrons. The minimum Gasteiger partial charge on any atom is -0.496 e. The number of amides is 3. The summed E-state index contributed by atoms with van der Waals surface area (Å²) in [6, 6.07) is 17.8. The first kappa shape index (κ1) is 34.7. The van der Waals surface area contributed by atoms with Gasteiger partial charge in [0.1, 0.15) is 29.2 Å². The third-order valence-electron chi connectivity index (χ3n) is 9.56. The van der Waals surface area contributed by atoms with Crippen LogP contribution in [-0.2, 0) is 16.1 Å². The maximum atomic E-state index is 15.3. The van der Waals surface area contributed by atoms with E-state index in [-0.39, 0.29) is 43.6 Å². The van der Waals surface area contributed by atoms with Crippen LogP contribution in [0.1, 0.15) is 22.3 Å². The SMILES string of the molecule is COc1cc2ccc1CNC(=O)COc1cccc(c1)-c1ccc(F)c(c1)C(=O)N[C@@H]1CN(C(=O)CN3CCN(c4ncccn4)CC3)CC[C@@H]1O2. The molecule has 2 atom stereocenters.